The maximum absolute atomic E-state index is 12.7. The van der Waals surface area contributed by atoms with E-state index in [2.05, 4.69) is 22.5 Å². The number of nitrogens with one attached hydrogen (secondary N) is 2. The zero-order chi connectivity index (χ0) is 19.2. The van der Waals surface area contributed by atoms with Gasteiger partial charge in [-0.3, -0.25) is 14.5 Å². The van der Waals surface area contributed by atoms with Crippen LogP contribution in [0.5, 0.6) is 0 Å². The molecule has 3 fully saturated rings. The topological polar surface area (TPSA) is 64.7 Å². The molecule has 2 atom stereocenters. The highest BCUT2D eigenvalue weighted by molar-refractivity contribution is 5.85. The van der Waals surface area contributed by atoms with Gasteiger partial charge in [0.15, 0.2) is 0 Å². The van der Waals surface area contributed by atoms with E-state index in [1.807, 2.05) is 11.9 Å². The van der Waals surface area contributed by atoms with Crippen LogP contribution < -0.4 is 10.6 Å². The molecule has 2 saturated heterocycles. The van der Waals surface area contributed by atoms with Crippen molar-refractivity contribution in [2.24, 2.45) is 11.8 Å². The smallest absolute Gasteiger partial charge is 0.237 e. The molecule has 2 amide bonds. The van der Waals surface area contributed by atoms with Crippen LogP contribution in [0.4, 0.5) is 0 Å². The summed E-state index contributed by atoms with van der Waals surface area (Å²) < 4.78 is 0. The third-order valence-corrected chi connectivity index (χ3v) is 6.83. The Bertz CT molecular complexity index is 505. The normalized spacial score (nSPS) is 31.1. The van der Waals surface area contributed by atoms with E-state index in [1.54, 1.807) is 0 Å². The van der Waals surface area contributed by atoms with Gasteiger partial charge in [-0.05, 0) is 76.3 Å². The molecule has 2 N–H and O–H groups in total. The lowest BCUT2D eigenvalue weighted by Gasteiger charge is -2.37. The largest absolute Gasteiger partial charge is 0.354 e. The number of rotatable bonds is 6. The third-order valence-electron chi connectivity index (χ3n) is 6.83. The van der Waals surface area contributed by atoms with Gasteiger partial charge in [0.25, 0.3) is 0 Å². The number of hydrogen-bond donors (Lipinski definition) is 2. The molecule has 2 unspecified atom stereocenters. The summed E-state index contributed by atoms with van der Waals surface area (Å²) in [5.74, 6) is 1.67. The van der Waals surface area contributed by atoms with Crippen LogP contribution in [0.2, 0.25) is 0 Å². The lowest BCUT2D eigenvalue weighted by Crippen LogP contribution is -2.49. The van der Waals surface area contributed by atoms with Crippen LogP contribution >= 0.6 is 12.4 Å². The van der Waals surface area contributed by atoms with Crippen LogP contribution in [0.25, 0.3) is 0 Å². The second kappa shape index (κ2) is 11.4. The van der Waals surface area contributed by atoms with Gasteiger partial charge in [-0.2, -0.15) is 0 Å². The summed E-state index contributed by atoms with van der Waals surface area (Å²) in [6.45, 7) is 6.43. The number of piperidine rings is 1. The molecule has 1 saturated carbocycles. The Morgan fingerprint density at radius 1 is 1.11 bits per heavy atom. The molecular weight excluding hydrogens is 376 g/mol. The fourth-order valence-electron chi connectivity index (χ4n) is 4.87. The lowest BCUT2D eigenvalue weighted by molar-refractivity contribution is -0.134. The molecule has 0 aromatic carbocycles. The predicted octanol–water partition coefficient (Wildman–Crippen LogP) is 2.03. The predicted molar refractivity (Wildman–Crippen MR) is 115 cm³/mol. The average Bonchev–Trinajstić information content (AvgIpc) is 3.21. The second-order valence-corrected chi connectivity index (χ2v) is 9.06. The molecule has 3 rings (SSSR count). The first-order valence-electron chi connectivity index (χ1n) is 11.0. The first-order valence-corrected chi connectivity index (χ1v) is 11.0. The Kier molecular flexibility index (Phi) is 9.51. The zero-order valence-corrected chi connectivity index (χ0v) is 18.4. The molecule has 2 aliphatic heterocycles. The van der Waals surface area contributed by atoms with E-state index in [-0.39, 0.29) is 30.3 Å². The Hall–Kier alpha value is -0.850. The summed E-state index contributed by atoms with van der Waals surface area (Å²) in [6, 6.07) is 0.422. The molecule has 7 heteroatoms. The number of likely N-dealkylation sites (N-methyl/N-ethyl adjacent to an activating group) is 1. The van der Waals surface area contributed by atoms with Crippen molar-refractivity contribution in [2.75, 3.05) is 39.8 Å². The summed E-state index contributed by atoms with van der Waals surface area (Å²) in [5.41, 5.74) is 0. The van der Waals surface area contributed by atoms with Crippen molar-refractivity contribution in [2.45, 2.75) is 70.4 Å². The van der Waals surface area contributed by atoms with Gasteiger partial charge in [0.2, 0.25) is 11.8 Å². The summed E-state index contributed by atoms with van der Waals surface area (Å²) in [4.78, 5) is 29.2. The standard InChI is InChI=1S/C21H38N4O2.ClH/c1-16-7-9-18(10-8-16)24(2)20(26)15-25-12-4-5-17(14-25)13-23-21(27)19-6-3-11-22-19;/h16-19,22H,3-15H2,1-2H3,(H,23,27);1H. The van der Waals surface area contributed by atoms with E-state index in [1.165, 1.54) is 12.8 Å². The van der Waals surface area contributed by atoms with Crippen LogP contribution in [-0.4, -0.2) is 73.5 Å². The third kappa shape index (κ3) is 6.60. The van der Waals surface area contributed by atoms with Crippen molar-refractivity contribution in [3.63, 3.8) is 0 Å². The summed E-state index contributed by atoms with van der Waals surface area (Å²) >= 11 is 0. The van der Waals surface area contributed by atoms with Gasteiger partial charge in [-0.15, -0.1) is 12.4 Å². The molecule has 1 aliphatic carbocycles. The minimum absolute atomic E-state index is 0. The molecule has 0 radical (unpaired) electrons. The highest BCUT2D eigenvalue weighted by Crippen LogP contribution is 2.26. The van der Waals surface area contributed by atoms with Crippen molar-refractivity contribution in [1.82, 2.24) is 20.4 Å². The number of carbonyl (C=O) groups is 2. The van der Waals surface area contributed by atoms with Gasteiger partial charge in [0, 0.05) is 26.2 Å². The van der Waals surface area contributed by atoms with Gasteiger partial charge in [0.1, 0.15) is 0 Å². The van der Waals surface area contributed by atoms with Crippen LogP contribution in [-0.2, 0) is 9.59 Å². The zero-order valence-electron chi connectivity index (χ0n) is 17.6. The minimum atomic E-state index is -0.00173. The maximum Gasteiger partial charge on any atom is 0.237 e. The summed E-state index contributed by atoms with van der Waals surface area (Å²) in [7, 11) is 1.99. The molecule has 0 spiro atoms. The van der Waals surface area contributed by atoms with Crippen molar-refractivity contribution in [3.8, 4) is 0 Å². The van der Waals surface area contributed by atoms with Crippen LogP contribution in [0.15, 0.2) is 0 Å². The molecule has 162 valence electrons. The molecule has 0 aromatic rings. The first kappa shape index (κ1) is 23.4. The van der Waals surface area contributed by atoms with E-state index < -0.39 is 0 Å². The van der Waals surface area contributed by atoms with Crippen LogP contribution in [0, 0.1) is 11.8 Å². The first-order chi connectivity index (χ1) is 13.0. The SMILES string of the molecule is CC1CCC(N(C)C(=O)CN2CCCC(CNC(=O)C3CCCN3)C2)CC1.Cl. The second-order valence-electron chi connectivity index (χ2n) is 9.06. The van der Waals surface area contributed by atoms with Crippen LogP contribution in [0.1, 0.15) is 58.3 Å². The highest BCUT2D eigenvalue weighted by atomic mass is 35.5. The minimum Gasteiger partial charge on any atom is -0.354 e. The number of likely N-dealkylation sites (tertiary alicyclic amines) is 1. The van der Waals surface area contributed by atoms with Gasteiger partial charge in [-0.1, -0.05) is 6.92 Å². The fraction of sp³-hybridized carbons (Fsp3) is 0.905. The molecule has 0 bridgehead atoms. The molecular formula is C21H39ClN4O2. The maximum atomic E-state index is 12.7. The Labute approximate surface area is 176 Å². The monoisotopic (exact) mass is 414 g/mol. The van der Waals surface area contributed by atoms with Crippen molar-refractivity contribution >= 4 is 24.2 Å². The summed E-state index contributed by atoms with van der Waals surface area (Å²) in [6.07, 6.45) is 9.06. The lowest BCUT2D eigenvalue weighted by atomic mass is 9.87. The van der Waals surface area contributed by atoms with Gasteiger partial charge in [0.05, 0.1) is 12.6 Å². The number of hydrogen-bond acceptors (Lipinski definition) is 4. The summed E-state index contributed by atoms with van der Waals surface area (Å²) in [5, 5.41) is 6.38. The van der Waals surface area contributed by atoms with Crippen molar-refractivity contribution in [3.05, 3.63) is 0 Å². The van der Waals surface area contributed by atoms with E-state index in [0.717, 1.165) is 70.6 Å². The Morgan fingerprint density at radius 3 is 2.54 bits per heavy atom. The fourth-order valence-corrected chi connectivity index (χ4v) is 4.87. The van der Waals surface area contributed by atoms with Gasteiger partial charge >= 0.3 is 0 Å². The Morgan fingerprint density at radius 2 is 1.86 bits per heavy atom. The molecule has 0 aromatic heterocycles. The van der Waals surface area contributed by atoms with Gasteiger partial charge in [-0.25, -0.2) is 0 Å². The van der Waals surface area contributed by atoms with E-state index >= 15 is 0 Å². The number of carbonyl (C=O) groups excluding carboxylic acids is 2. The van der Waals surface area contributed by atoms with Crippen LogP contribution in [0.3, 0.4) is 0 Å². The van der Waals surface area contributed by atoms with Crippen molar-refractivity contribution in [1.29, 1.82) is 0 Å². The van der Waals surface area contributed by atoms with E-state index in [4.69, 9.17) is 0 Å². The molecule has 2 heterocycles. The van der Waals surface area contributed by atoms with E-state index in [0.29, 0.717) is 18.5 Å². The number of amides is 2. The number of halogens is 1. The Balaban J connectivity index is 0.00000280. The highest BCUT2D eigenvalue weighted by Gasteiger charge is 2.28. The quantitative estimate of drug-likeness (QED) is 0.698. The molecule has 3 aliphatic rings. The molecule has 6 nitrogen and oxygen atoms in total. The number of nitrogens with zero attached hydrogens (tertiary/aromatic N) is 2. The van der Waals surface area contributed by atoms with Gasteiger partial charge < -0.3 is 15.5 Å². The van der Waals surface area contributed by atoms with E-state index in [9.17, 15) is 9.59 Å². The molecule has 28 heavy (non-hydrogen) atoms. The average molecular weight is 415 g/mol. The van der Waals surface area contributed by atoms with Crippen molar-refractivity contribution < 1.29 is 9.59 Å².